The summed E-state index contributed by atoms with van der Waals surface area (Å²) >= 11 is 0. The van der Waals surface area contributed by atoms with Crippen LogP contribution in [-0.2, 0) is 9.53 Å². The van der Waals surface area contributed by atoms with Crippen LogP contribution < -0.4 is 0 Å². The number of hydrogen-bond donors (Lipinski definition) is 0. The Kier molecular flexibility index (Phi) is 3.78. The summed E-state index contributed by atoms with van der Waals surface area (Å²) < 4.78 is 7.44. The van der Waals surface area contributed by atoms with Crippen molar-refractivity contribution >= 4 is 5.91 Å². The lowest BCUT2D eigenvalue weighted by atomic mass is 10.0. The maximum Gasteiger partial charge on any atom is 0.228 e. The van der Waals surface area contributed by atoms with Crippen molar-refractivity contribution in [1.82, 2.24) is 14.7 Å². The molecule has 0 N–H and O–H groups in total. The fraction of sp³-hybridized carbons (Fsp3) is 0.733. The highest BCUT2D eigenvalue weighted by Crippen LogP contribution is 2.25. The van der Waals surface area contributed by atoms with E-state index in [1.807, 2.05) is 11.8 Å². The van der Waals surface area contributed by atoms with Gasteiger partial charge in [0.1, 0.15) is 0 Å². The van der Waals surface area contributed by atoms with E-state index in [4.69, 9.17) is 4.74 Å². The van der Waals surface area contributed by atoms with Crippen LogP contribution in [0.15, 0.2) is 6.07 Å². The Bertz CT molecular complexity index is 491. The highest BCUT2D eigenvalue weighted by molar-refractivity contribution is 5.79. The molecule has 0 spiro atoms. The second-order valence-electron chi connectivity index (χ2n) is 6.01. The number of carbonyl (C=O) groups is 1. The maximum absolute atomic E-state index is 12.5. The normalized spacial score (nSPS) is 27.0. The predicted octanol–water partition coefficient (Wildman–Crippen LogP) is 1.70. The topological polar surface area (TPSA) is 47.4 Å². The van der Waals surface area contributed by atoms with Gasteiger partial charge in [0.15, 0.2) is 0 Å². The number of nitrogens with zero attached hydrogens (tertiary/aromatic N) is 3. The van der Waals surface area contributed by atoms with Crippen LogP contribution in [0, 0.1) is 19.8 Å². The molecule has 5 nitrogen and oxygen atoms in total. The minimum absolute atomic E-state index is 0.0780. The van der Waals surface area contributed by atoms with Crippen molar-refractivity contribution in [1.29, 1.82) is 0 Å². The molecular formula is C15H23N3O2. The molecule has 2 atom stereocenters. The molecule has 0 aliphatic carbocycles. The number of likely N-dealkylation sites (tertiary alicyclic amines) is 1. The van der Waals surface area contributed by atoms with E-state index in [1.54, 1.807) is 0 Å². The average molecular weight is 277 g/mol. The van der Waals surface area contributed by atoms with Gasteiger partial charge in [-0.25, -0.2) is 0 Å². The van der Waals surface area contributed by atoms with E-state index in [2.05, 4.69) is 22.8 Å². The third-order valence-corrected chi connectivity index (χ3v) is 4.38. The molecule has 3 heterocycles. The number of rotatable bonds is 2. The van der Waals surface area contributed by atoms with Gasteiger partial charge < -0.3 is 9.64 Å². The third-order valence-electron chi connectivity index (χ3n) is 4.38. The van der Waals surface area contributed by atoms with Gasteiger partial charge in [-0.2, -0.15) is 5.10 Å². The largest absolute Gasteiger partial charge is 0.381 e. The third kappa shape index (κ3) is 2.59. The number of hydrogen-bond acceptors (Lipinski definition) is 3. The van der Waals surface area contributed by atoms with Crippen molar-refractivity contribution in [3.05, 3.63) is 17.5 Å². The molecular weight excluding hydrogens is 254 g/mol. The van der Waals surface area contributed by atoms with Crippen molar-refractivity contribution < 1.29 is 9.53 Å². The molecule has 0 bridgehead atoms. The minimum atomic E-state index is 0.0780. The fourth-order valence-corrected chi connectivity index (χ4v) is 3.36. The monoisotopic (exact) mass is 277 g/mol. The molecule has 0 unspecified atom stereocenters. The number of carbonyl (C=O) groups excluding carboxylic acids is 1. The van der Waals surface area contributed by atoms with Crippen LogP contribution in [0.4, 0.5) is 0 Å². The van der Waals surface area contributed by atoms with Gasteiger partial charge in [-0.1, -0.05) is 0 Å². The van der Waals surface area contributed by atoms with E-state index in [9.17, 15) is 4.79 Å². The fourth-order valence-electron chi connectivity index (χ4n) is 3.36. The van der Waals surface area contributed by atoms with Gasteiger partial charge in [-0.3, -0.25) is 9.48 Å². The zero-order chi connectivity index (χ0) is 14.1. The van der Waals surface area contributed by atoms with Crippen LogP contribution in [0.5, 0.6) is 0 Å². The molecule has 110 valence electrons. The van der Waals surface area contributed by atoms with Crippen LogP contribution in [0.3, 0.4) is 0 Å². The molecule has 3 rings (SSSR count). The Morgan fingerprint density at radius 3 is 2.90 bits per heavy atom. The molecule has 1 aromatic heterocycles. The highest BCUT2D eigenvalue weighted by atomic mass is 16.5. The number of aryl methyl sites for hydroxylation is 2. The Labute approximate surface area is 119 Å². The van der Waals surface area contributed by atoms with Gasteiger partial charge in [-0.15, -0.1) is 0 Å². The Morgan fingerprint density at radius 1 is 1.40 bits per heavy atom. The smallest absolute Gasteiger partial charge is 0.228 e. The zero-order valence-electron chi connectivity index (χ0n) is 12.3. The highest BCUT2D eigenvalue weighted by Gasteiger charge is 2.32. The first-order valence-corrected chi connectivity index (χ1v) is 7.54. The lowest BCUT2D eigenvalue weighted by Gasteiger charge is -2.34. The van der Waals surface area contributed by atoms with Gasteiger partial charge in [-0.05, 0) is 39.2 Å². The maximum atomic E-state index is 12.5. The number of piperidine rings is 1. The molecule has 5 heteroatoms. The number of ether oxygens (including phenoxy) is 1. The summed E-state index contributed by atoms with van der Waals surface area (Å²) in [5, 5.41) is 4.58. The predicted molar refractivity (Wildman–Crippen MR) is 75.5 cm³/mol. The van der Waals surface area contributed by atoms with Crippen molar-refractivity contribution in [2.45, 2.75) is 39.2 Å². The summed E-state index contributed by atoms with van der Waals surface area (Å²) in [4.78, 5) is 14.5. The van der Waals surface area contributed by atoms with Gasteiger partial charge in [0.25, 0.3) is 0 Å². The summed E-state index contributed by atoms with van der Waals surface area (Å²) in [6, 6.07) is 2.43. The lowest BCUT2D eigenvalue weighted by Crippen LogP contribution is -2.44. The van der Waals surface area contributed by atoms with Crippen LogP contribution in [-0.4, -0.2) is 46.9 Å². The SMILES string of the molecule is Cc1cc(C)n([C@H]2CCCN(C(=O)[C@H]3CCOC3)C2)n1. The zero-order valence-corrected chi connectivity index (χ0v) is 12.3. The van der Waals surface area contributed by atoms with E-state index in [1.165, 1.54) is 5.69 Å². The van der Waals surface area contributed by atoms with Gasteiger partial charge >= 0.3 is 0 Å². The second-order valence-corrected chi connectivity index (χ2v) is 6.01. The molecule has 0 aromatic carbocycles. The van der Waals surface area contributed by atoms with Crippen molar-refractivity contribution in [3.8, 4) is 0 Å². The van der Waals surface area contributed by atoms with Crippen LogP contribution >= 0.6 is 0 Å². The van der Waals surface area contributed by atoms with Crippen molar-refractivity contribution in [2.75, 3.05) is 26.3 Å². The molecule has 2 aliphatic rings. The van der Waals surface area contributed by atoms with Gasteiger partial charge in [0.2, 0.25) is 5.91 Å². The Morgan fingerprint density at radius 2 is 2.25 bits per heavy atom. The van der Waals surface area contributed by atoms with E-state index in [0.29, 0.717) is 12.6 Å². The van der Waals surface area contributed by atoms with Crippen LogP contribution in [0.1, 0.15) is 36.7 Å². The van der Waals surface area contributed by atoms with E-state index in [0.717, 1.165) is 44.7 Å². The van der Waals surface area contributed by atoms with E-state index in [-0.39, 0.29) is 11.8 Å². The number of amides is 1. The standard InChI is InChI=1S/C15H23N3O2/c1-11-8-12(2)18(16-11)14-4-3-6-17(9-14)15(19)13-5-7-20-10-13/h8,13-14H,3-7,9-10H2,1-2H3/t13-,14-/m0/s1. The summed E-state index contributed by atoms with van der Waals surface area (Å²) in [6.07, 6.45) is 3.04. The van der Waals surface area contributed by atoms with E-state index >= 15 is 0 Å². The lowest BCUT2D eigenvalue weighted by molar-refractivity contribution is -0.137. The first-order valence-electron chi connectivity index (χ1n) is 7.54. The first kappa shape index (κ1) is 13.6. The molecule has 20 heavy (non-hydrogen) atoms. The van der Waals surface area contributed by atoms with Crippen molar-refractivity contribution in [3.63, 3.8) is 0 Å². The summed E-state index contributed by atoms with van der Waals surface area (Å²) in [6.45, 7) is 7.10. The summed E-state index contributed by atoms with van der Waals surface area (Å²) in [7, 11) is 0. The number of aromatic nitrogens is 2. The molecule has 0 radical (unpaired) electrons. The first-order chi connectivity index (χ1) is 9.65. The quantitative estimate of drug-likeness (QED) is 0.826. The average Bonchev–Trinajstić information content (AvgIpc) is 3.08. The molecule has 2 saturated heterocycles. The van der Waals surface area contributed by atoms with Crippen molar-refractivity contribution in [2.24, 2.45) is 5.92 Å². The molecule has 1 aromatic rings. The van der Waals surface area contributed by atoms with Gasteiger partial charge in [0.05, 0.1) is 24.3 Å². The Hall–Kier alpha value is -1.36. The summed E-state index contributed by atoms with van der Waals surface area (Å²) in [5.41, 5.74) is 2.24. The second kappa shape index (κ2) is 5.56. The van der Waals surface area contributed by atoms with E-state index < -0.39 is 0 Å². The minimum Gasteiger partial charge on any atom is -0.381 e. The Balaban J connectivity index is 1.70. The van der Waals surface area contributed by atoms with Crippen LogP contribution in [0.25, 0.3) is 0 Å². The van der Waals surface area contributed by atoms with Crippen LogP contribution in [0.2, 0.25) is 0 Å². The molecule has 0 saturated carbocycles. The summed E-state index contributed by atoms with van der Waals surface area (Å²) in [5.74, 6) is 0.350. The molecule has 1 amide bonds. The molecule has 2 aliphatic heterocycles. The molecule has 2 fully saturated rings. The van der Waals surface area contributed by atoms with Gasteiger partial charge in [0, 0.05) is 25.4 Å².